The first kappa shape index (κ1) is 21.7. The number of halogens is 8. The number of nitro benzene ring substituents is 1. The first-order valence-corrected chi connectivity index (χ1v) is 8.81. The van der Waals surface area contributed by atoms with Crippen LogP contribution in [0.3, 0.4) is 0 Å². The van der Waals surface area contributed by atoms with Gasteiger partial charge < -0.3 is 4.74 Å². The molecular weight excluding hydrogens is 451 g/mol. The van der Waals surface area contributed by atoms with Crippen LogP contribution in [0.4, 0.5) is 36.4 Å². The zero-order valence-corrected chi connectivity index (χ0v) is 14.2. The summed E-state index contributed by atoms with van der Waals surface area (Å²) >= 11 is 0. The van der Waals surface area contributed by atoms with Crippen molar-refractivity contribution in [3.8, 4) is 11.5 Å². The molecule has 0 amide bonds. The van der Waals surface area contributed by atoms with E-state index in [2.05, 4.69) is 4.74 Å². The molecule has 0 aromatic heterocycles. The third-order valence-electron chi connectivity index (χ3n) is 3.12. The molecular formula is C13H3ClF7NO5S. The predicted molar refractivity (Wildman–Crippen MR) is 77.5 cm³/mol. The lowest BCUT2D eigenvalue weighted by Crippen LogP contribution is -2.15. The van der Waals surface area contributed by atoms with Crippen LogP contribution < -0.4 is 4.74 Å². The van der Waals surface area contributed by atoms with E-state index in [-0.39, 0.29) is 6.07 Å². The summed E-state index contributed by atoms with van der Waals surface area (Å²) in [6.45, 7) is 0. The molecule has 6 nitrogen and oxygen atoms in total. The van der Waals surface area contributed by atoms with Crippen molar-refractivity contribution in [2.45, 2.75) is 11.1 Å². The van der Waals surface area contributed by atoms with E-state index in [0.717, 1.165) is 0 Å². The second kappa shape index (κ2) is 7.09. The summed E-state index contributed by atoms with van der Waals surface area (Å²) in [6, 6.07) is 1.32. The maximum absolute atomic E-state index is 13.8. The highest BCUT2D eigenvalue weighted by Gasteiger charge is 2.43. The number of hydrogen-bond acceptors (Lipinski definition) is 5. The minimum absolute atomic E-state index is 0.285. The first-order valence-electron chi connectivity index (χ1n) is 6.50. The van der Waals surface area contributed by atoms with Gasteiger partial charge in [-0.15, -0.1) is 0 Å². The highest BCUT2D eigenvalue weighted by molar-refractivity contribution is 8.13. The second-order valence-electron chi connectivity index (χ2n) is 4.88. The van der Waals surface area contributed by atoms with Crippen molar-refractivity contribution >= 4 is 25.4 Å². The van der Waals surface area contributed by atoms with Gasteiger partial charge in [0.2, 0.25) is 17.4 Å². The van der Waals surface area contributed by atoms with Gasteiger partial charge in [0.1, 0.15) is 11.3 Å². The number of nitrogens with zero attached hydrogens (tertiary/aromatic N) is 1. The minimum Gasteiger partial charge on any atom is -0.451 e. The van der Waals surface area contributed by atoms with Crippen LogP contribution in [0.2, 0.25) is 0 Å². The molecule has 0 N–H and O–H groups in total. The fourth-order valence-electron chi connectivity index (χ4n) is 1.97. The van der Waals surface area contributed by atoms with Gasteiger partial charge in [-0.3, -0.25) is 10.1 Å². The van der Waals surface area contributed by atoms with E-state index in [4.69, 9.17) is 10.7 Å². The van der Waals surface area contributed by atoms with Crippen LogP contribution in [0, 0.1) is 33.4 Å². The van der Waals surface area contributed by atoms with Crippen molar-refractivity contribution < 1.29 is 48.8 Å². The highest BCUT2D eigenvalue weighted by Crippen LogP contribution is 2.41. The number of hydrogen-bond donors (Lipinski definition) is 0. The van der Waals surface area contributed by atoms with Crippen molar-refractivity contribution in [2.24, 2.45) is 0 Å². The van der Waals surface area contributed by atoms with Gasteiger partial charge in [-0.2, -0.15) is 22.0 Å². The molecule has 0 aliphatic rings. The third kappa shape index (κ3) is 3.96. The standard InChI is InChI=1S/C13H3ClF7NO5S/c14-28(25,26)6-3-4(1-2-5(6)22(23)24)27-12-10(17)8(15)7(13(19,20)21)9(16)11(12)18/h1-3H. The Morgan fingerprint density at radius 1 is 1.00 bits per heavy atom. The van der Waals surface area contributed by atoms with E-state index in [0.29, 0.717) is 12.1 Å². The van der Waals surface area contributed by atoms with Gasteiger partial charge in [0.05, 0.1) is 4.92 Å². The quantitative estimate of drug-likeness (QED) is 0.216. The summed E-state index contributed by atoms with van der Waals surface area (Å²) in [6.07, 6.45) is -5.78. The van der Waals surface area contributed by atoms with Crippen molar-refractivity contribution in [3.63, 3.8) is 0 Å². The molecule has 2 rings (SSSR count). The molecule has 2 aromatic rings. The van der Waals surface area contributed by atoms with Gasteiger partial charge in [0.25, 0.3) is 14.7 Å². The Labute approximate surface area is 154 Å². The molecule has 15 heteroatoms. The van der Waals surface area contributed by atoms with Crippen LogP contribution in [0.1, 0.15) is 5.56 Å². The largest absolute Gasteiger partial charge is 0.451 e. The summed E-state index contributed by atoms with van der Waals surface area (Å²) < 4.78 is 119. The molecule has 0 saturated carbocycles. The smallest absolute Gasteiger partial charge is 0.422 e. The summed E-state index contributed by atoms with van der Waals surface area (Å²) in [5.41, 5.74) is -3.92. The Morgan fingerprint density at radius 3 is 1.89 bits per heavy atom. The summed E-state index contributed by atoms with van der Waals surface area (Å²) in [4.78, 5) is 8.40. The van der Waals surface area contributed by atoms with Gasteiger partial charge in [-0.05, 0) is 6.07 Å². The molecule has 0 atom stereocenters. The first-order chi connectivity index (χ1) is 12.7. The topological polar surface area (TPSA) is 86.5 Å². The van der Waals surface area contributed by atoms with Crippen LogP contribution in [-0.4, -0.2) is 13.3 Å². The monoisotopic (exact) mass is 453 g/mol. The van der Waals surface area contributed by atoms with E-state index in [9.17, 15) is 49.3 Å². The number of benzene rings is 2. The molecule has 0 saturated heterocycles. The fraction of sp³-hybridized carbons (Fsp3) is 0.0769. The Balaban J connectivity index is 2.66. The lowest BCUT2D eigenvalue weighted by molar-refractivity contribution is -0.387. The molecule has 0 heterocycles. The van der Waals surface area contributed by atoms with E-state index >= 15 is 0 Å². The molecule has 0 fully saturated rings. The van der Waals surface area contributed by atoms with Crippen LogP contribution in [0.15, 0.2) is 23.1 Å². The average molecular weight is 454 g/mol. The fourth-order valence-corrected chi connectivity index (χ4v) is 2.99. The zero-order valence-electron chi connectivity index (χ0n) is 12.7. The van der Waals surface area contributed by atoms with Crippen molar-refractivity contribution in [1.29, 1.82) is 0 Å². The summed E-state index contributed by atoms with van der Waals surface area (Å²) in [5, 5.41) is 10.8. The maximum atomic E-state index is 13.8. The third-order valence-corrected chi connectivity index (χ3v) is 4.47. The molecule has 0 spiro atoms. The van der Waals surface area contributed by atoms with Crippen LogP contribution in [0.5, 0.6) is 11.5 Å². The minimum atomic E-state index is -5.78. The zero-order chi connectivity index (χ0) is 21.6. The van der Waals surface area contributed by atoms with Crippen LogP contribution in [0.25, 0.3) is 0 Å². The average Bonchev–Trinajstić information content (AvgIpc) is 2.54. The molecule has 28 heavy (non-hydrogen) atoms. The molecule has 0 bridgehead atoms. The van der Waals surface area contributed by atoms with E-state index < -0.39 is 71.1 Å². The number of alkyl halides is 3. The SMILES string of the molecule is O=[N+]([O-])c1ccc(Oc2c(F)c(F)c(C(F)(F)F)c(F)c2F)cc1S(=O)(=O)Cl. The number of nitro groups is 1. The lowest BCUT2D eigenvalue weighted by atomic mass is 10.1. The lowest BCUT2D eigenvalue weighted by Gasteiger charge is -2.14. The predicted octanol–water partition coefficient (Wildman–Crippen LogP) is 4.89. The Bertz CT molecular complexity index is 1060. The van der Waals surface area contributed by atoms with E-state index in [1.54, 1.807) is 0 Å². The Morgan fingerprint density at radius 2 is 1.50 bits per heavy atom. The molecule has 0 radical (unpaired) electrons. The molecule has 0 aliphatic carbocycles. The van der Waals surface area contributed by atoms with Gasteiger partial charge in [0, 0.05) is 22.8 Å². The van der Waals surface area contributed by atoms with E-state index in [1.807, 2.05) is 0 Å². The second-order valence-corrected chi connectivity index (χ2v) is 7.42. The van der Waals surface area contributed by atoms with Gasteiger partial charge in [0.15, 0.2) is 16.5 Å². The van der Waals surface area contributed by atoms with Crippen LogP contribution >= 0.6 is 10.7 Å². The van der Waals surface area contributed by atoms with Crippen molar-refractivity contribution in [2.75, 3.05) is 0 Å². The molecule has 152 valence electrons. The van der Waals surface area contributed by atoms with Crippen molar-refractivity contribution in [3.05, 3.63) is 57.1 Å². The number of ether oxygens (including phenoxy) is 1. The van der Waals surface area contributed by atoms with Crippen LogP contribution in [-0.2, 0) is 15.2 Å². The van der Waals surface area contributed by atoms with E-state index in [1.165, 1.54) is 0 Å². The van der Waals surface area contributed by atoms with Gasteiger partial charge in [-0.1, -0.05) is 0 Å². The van der Waals surface area contributed by atoms with Gasteiger partial charge >= 0.3 is 6.18 Å². The number of rotatable bonds is 4. The van der Waals surface area contributed by atoms with Crippen molar-refractivity contribution in [1.82, 2.24) is 0 Å². The highest BCUT2D eigenvalue weighted by atomic mass is 35.7. The van der Waals surface area contributed by atoms with Gasteiger partial charge in [-0.25, -0.2) is 17.2 Å². The Kier molecular flexibility index (Phi) is 5.49. The Hall–Kier alpha value is -2.61. The normalized spacial score (nSPS) is 12.1. The maximum Gasteiger partial charge on any atom is 0.422 e. The molecule has 0 aliphatic heterocycles. The summed E-state index contributed by atoms with van der Waals surface area (Å²) in [7, 11) is 0.196. The summed E-state index contributed by atoms with van der Waals surface area (Å²) in [5.74, 6) is -13.7. The molecule has 2 aromatic carbocycles. The molecule has 0 unspecified atom stereocenters.